The molecule has 3 aromatic heterocycles. The number of aromatic nitrogens is 5. The van der Waals surface area contributed by atoms with E-state index in [9.17, 15) is 18.0 Å². The summed E-state index contributed by atoms with van der Waals surface area (Å²) < 4.78 is 85.7. The van der Waals surface area contributed by atoms with E-state index in [2.05, 4.69) is 20.4 Å². The molecule has 13 heteroatoms. The van der Waals surface area contributed by atoms with E-state index in [0.717, 1.165) is 11.1 Å². The number of nitrogens with one attached hydrogen (secondary N) is 1. The van der Waals surface area contributed by atoms with Crippen LogP contribution in [0.25, 0.3) is 27.7 Å². The first-order chi connectivity index (χ1) is 18.5. The molecule has 190 valence electrons. The van der Waals surface area contributed by atoms with E-state index >= 15 is 4.39 Å². The predicted octanol–water partition coefficient (Wildman–Crippen LogP) is 3.53. The van der Waals surface area contributed by atoms with Crippen molar-refractivity contribution in [1.29, 1.82) is 0 Å². The van der Waals surface area contributed by atoms with Crippen molar-refractivity contribution < 1.29 is 31.2 Å². The van der Waals surface area contributed by atoms with Crippen molar-refractivity contribution in [2.24, 2.45) is 0 Å². The average Bonchev–Trinajstić information content (AvgIpc) is 3.42. The molecular weight excluding hydrogens is 482 g/mol. The van der Waals surface area contributed by atoms with Crippen LogP contribution >= 0.6 is 0 Å². The van der Waals surface area contributed by atoms with Crippen LogP contribution in [0.15, 0.2) is 30.7 Å². The van der Waals surface area contributed by atoms with Crippen molar-refractivity contribution in [3.05, 3.63) is 36.5 Å². The van der Waals surface area contributed by atoms with Crippen LogP contribution in [-0.4, -0.2) is 73.8 Å². The van der Waals surface area contributed by atoms with Crippen LogP contribution in [0.5, 0.6) is 5.88 Å². The first-order valence-electron chi connectivity index (χ1n) is 12.5. The molecule has 0 bridgehead atoms. The van der Waals surface area contributed by atoms with Gasteiger partial charge in [0, 0.05) is 17.5 Å². The smallest absolute Gasteiger partial charge is 0.256 e. The molecule has 9 nitrogen and oxygen atoms in total. The summed E-state index contributed by atoms with van der Waals surface area (Å²) >= 11 is 0. The maximum absolute atomic E-state index is 15.3. The Morgan fingerprint density at radius 2 is 2.22 bits per heavy atom. The van der Waals surface area contributed by atoms with E-state index < -0.39 is 50.3 Å². The first-order valence-corrected chi connectivity index (χ1v) is 11.0. The number of fused-ring (bicyclic) bond motifs is 2. The molecule has 0 spiro atoms. The highest BCUT2D eigenvalue weighted by atomic mass is 19.3. The van der Waals surface area contributed by atoms with Gasteiger partial charge in [0.15, 0.2) is 5.82 Å². The van der Waals surface area contributed by atoms with Crippen LogP contribution in [0.2, 0.25) is 0 Å². The minimum absolute atomic E-state index is 0.0155. The molecule has 0 aliphatic carbocycles. The van der Waals surface area contributed by atoms with Gasteiger partial charge in [-0.25, -0.2) is 27.1 Å². The van der Waals surface area contributed by atoms with Gasteiger partial charge in [-0.2, -0.15) is 4.98 Å². The summed E-state index contributed by atoms with van der Waals surface area (Å²) in [6, 6.07) is 3.87. The Bertz CT molecular complexity index is 1540. The van der Waals surface area contributed by atoms with Gasteiger partial charge in [0.25, 0.3) is 6.43 Å². The summed E-state index contributed by atoms with van der Waals surface area (Å²) in [7, 11) is 1.32. The van der Waals surface area contributed by atoms with Crippen LogP contribution in [0.3, 0.4) is 0 Å². The monoisotopic (exact) mass is 508 g/mol. The molecule has 1 aromatic carbocycles. The highest BCUT2D eigenvalue weighted by Crippen LogP contribution is 2.35. The number of hydrogen-bond acceptors (Lipinski definition) is 6. The second-order valence-corrected chi connectivity index (χ2v) is 8.39. The maximum atomic E-state index is 15.3. The van der Waals surface area contributed by atoms with E-state index in [4.69, 9.17) is 8.85 Å². The molecule has 36 heavy (non-hydrogen) atoms. The Kier molecular flexibility index (Phi) is 5.24. The van der Waals surface area contributed by atoms with Gasteiger partial charge in [0.2, 0.25) is 17.7 Å². The van der Waals surface area contributed by atoms with Gasteiger partial charge < -0.3 is 19.5 Å². The fraction of sp³-hybridized carbons (Fsp3) is 0.391. The number of rotatable bonds is 6. The number of alkyl halides is 3. The predicted molar refractivity (Wildman–Crippen MR) is 123 cm³/mol. The number of anilines is 1. The van der Waals surface area contributed by atoms with E-state index in [1.54, 1.807) is 12.1 Å². The quantitative estimate of drug-likeness (QED) is 0.401. The fourth-order valence-corrected chi connectivity index (χ4v) is 4.42. The molecule has 1 fully saturated rings. The van der Waals surface area contributed by atoms with Gasteiger partial charge in [-0.3, -0.25) is 4.79 Å². The molecule has 0 unspecified atom stereocenters. The number of amides is 1. The maximum Gasteiger partial charge on any atom is 0.256 e. The minimum Gasteiger partial charge on any atom is -0.479 e. The molecule has 4 aromatic rings. The van der Waals surface area contributed by atoms with Gasteiger partial charge in [-0.05, 0) is 24.1 Å². The summed E-state index contributed by atoms with van der Waals surface area (Å²) in [6.45, 7) is -3.83. The molecule has 4 heterocycles. The lowest BCUT2D eigenvalue weighted by Crippen LogP contribution is -2.49. The van der Waals surface area contributed by atoms with Gasteiger partial charge >= 0.3 is 0 Å². The molecule has 0 radical (unpaired) electrons. The third-order valence-electron chi connectivity index (χ3n) is 6.13. The summed E-state index contributed by atoms with van der Waals surface area (Å²) in [5, 5.41) is 7.07. The van der Waals surface area contributed by atoms with E-state index in [1.165, 1.54) is 28.6 Å². The normalized spacial score (nSPS) is 19.9. The SMILES string of the molecule is [2H]C([2H])([2H])C(=O)N1CC[C@H](Nc2nc(OC)c3c(-c4ccc5ncn(CC(F)F)c5c4)c(F)cn3n2)[C@H](F)C1. The van der Waals surface area contributed by atoms with Crippen molar-refractivity contribution in [1.82, 2.24) is 29.0 Å². The highest BCUT2D eigenvalue weighted by molar-refractivity contribution is 5.90. The number of carbonyl (C=O) groups is 1. The average molecular weight is 508 g/mol. The lowest BCUT2D eigenvalue weighted by atomic mass is 10.0. The zero-order valence-corrected chi connectivity index (χ0v) is 19.0. The van der Waals surface area contributed by atoms with Gasteiger partial charge in [0.1, 0.15) is 11.7 Å². The van der Waals surface area contributed by atoms with Gasteiger partial charge in [-0.15, -0.1) is 5.10 Å². The van der Waals surface area contributed by atoms with Crippen molar-refractivity contribution in [3.63, 3.8) is 0 Å². The zero-order valence-electron chi connectivity index (χ0n) is 22.0. The second-order valence-electron chi connectivity index (χ2n) is 8.39. The van der Waals surface area contributed by atoms with Crippen LogP contribution in [0.1, 0.15) is 17.4 Å². The Hall–Kier alpha value is -3.90. The molecule has 1 amide bonds. The summed E-state index contributed by atoms with van der Waals surface area (Å²) in [4.78, 5) is 21.3. The third-order valence-corrected chi connectivity index (χ3v) is 6.13. The Balaban J connectivity index is 1.45. The topological polar surface area (TPSA) is 89.6 Å². The number of methoxy groups -OCH3 is 1. The van der Waals surface area contributed by atoms with Crippen molar-refractivity contribution in [2.45, 2.75) is 38.5 Å². The highest BCUT2D eigenvalue weighted by Gasteiger charge is 2.31. The molecule has 0 saturated carbocycles. The number of hydrogen-bond donors (Lipinski definition) is 1. The minimum atomic E-state index is -2.86. The lowest BCUT2D eigenvalue weighted by Gasteiger charge is -2.34. The van der Waals surface area contributed by atoms with Gasteiger partial charge in [-0.1, -0.05) is 6.07 Å². The number of piperidine rings is 1. The standard InChI is InChI=1S/C23H23F4N7O2/c1-12(35)32-6-5-16(14(24)8-32)29-23-30-22(36-2)21-20(15(25)9-34(21)31-23)13-3-4-17-18(7-13)33(11-28-17)10-19(26)27/h3-4,7,9,11,14,16,19H,5-6,8,10H2,1-2H3,(H,29,31)/t14-,16+/m1/s1/i1D3. The molecule has 1 N–H and O–H groups in total. The summed E-state index contributed by atoms with van der Waals surface area (Å²) in [5.41, 5.74) is 1.45. The summed E-state index contributed by atoms with van der Waals surface area (Å²) in [6.07, 6.45) is -1.75. The van der Waals surface area contributed by atoms with E-state index in [1.807, 2.05) is 0 Å². The number of carbonyl (C=O) groups excluding carboxylic acids is 1. The number of halogens is 4. The zero-order chi connectivity index (χ0) is 28.1. The Labute approximate surface area is 206 Å². The van der Waals surface area contributed by atoms with Crippen LogP contribution < -0.4 is 10.1 Å². The van der Waals surface area contributed by atoms with Gasteiger partial charge in [0.05, 0.1) is 55.4 Å². The third kappa shape index (κ3) is 4.29. The number of imidazole rings is 1. The number of benzene rings is 1. The Morgan fingerprint density at radius 3 is 2.94 bits per heavy atom. The molecule has 1 saturated heterocycles. The van der Waals surface area contributed by atoms with Crippen LogP contribution in [0, 0.1) is 5.82 Å². The fourth-order valence-electron chi connectivity index (χ4n) is 4.42. The molecular formula is C23H23F4N7O2. The lowest BCUT2D eigenvalue weighted by molar-refractivity contribution is -0.131. The van der Waals surface area contributed by atoms with Crippen molar-refractivity contribution in [3.8, 4) is 17.0 Å². The Morgan fingerprint density at radius 1 is 1.39 bits per heavy atom. The van der Waals surface area contributed by atoms with Crippen molar-refractivity contribution in [2.75, 3.05) is 25.5 Å². The van der Waals surface area contributed by atoms with Crippen LogP contribution in [0.4, 0.5) is 23.5 Å². The number of ether oxygens (including phenoxy) is 1. The van der Waals surface area contributed by atoms with E-state index in [-0.39, 0.29) is 35.9 Å². The van der Waals surface area contributed by atoms with Crippen molar-refractivity contribution >= 4 is 28.4 Å². The number of nitrogens with zero attached hydrogens (tertiary/aromatic N) is 6. The molecule has 2 atom stereocenters. The second kappa shape index (κ2) is 9.28. The molecule has 1 aliphatic heterocycles. The van der Waals surface area contributed by atoms with Crippen LogP contribution in [-0.2, 0) is 11.3 Å². The van der Waals surface area contributed by atoms with E-state index in [0.29, 0.717) is 16.6 Å². The molecule has 5 rings (SSSR count). The first kappa shape index (κ1) is 20.3. The largest absolute Gasteiger partial charge is 0.479 e. The summed E-state index contributed by atoms with van der Waals surface area (Å²) in [5.74, 6) is -1.90. The molecule has 1 aliphatic rings. The number of likely N-dealkylation sites (tertiary alicyclic amines) is 1.